The van der Waals surface area contributed by atoms with Gasteiger partial charge in [0.05, 0.1) is 30.1 Å². The molecule has 0 bridgehead atoms. The molecule has 2 heterocycles. The number of ether oxygens (including phenoxy) is 3. The minimum atomic E-state index is -0.231. The van der Waals surface area contributed by atoms with Gasteiger partial charge in [-0.05, 0) is 18.2 Å². The van der Waals surface area contributed by atoms with Crippen molar-refractivity contribution in [2.75, 3.05) is 58.5 Å². The second kappa shape index (κ2) is 9.88. The van der Waals surface area contributed by atoms with Gasteiger partial charge in [-0.25, -0.2) is 0 Å². The maximum atomic E-state index is 11.8. The molecule has 28 heavy (non-hydrogen) atoms. The number of aromatic nitrogens is 2. The van der Waals surface area contributed by atoms with Crippen LogP contribution in [0.4, 0.5) is 5.69 Å². The Kier molecular flexibility index (Phi) is 7.27. The highest BCUT2D eigenvalue weighted by atomic mass is 35.5. The molecule has 1 aromatic carbocycles. The molecule has 1 fully saturated rings. The Hall–Kier alpha value is -2.13. The van der Waals surface area contributed by atoms with Crippen molar-refractivity contribution in [2.24, 2.45) is 7.05 Å². The van der Waals surface area contributed by atoms with Crippen molar-refractivity contribution in [3.05, 3.63) is 29.4 Å². The molecule has 0 unspecified atom stereocenters. The molecule has 1 aliphatic heterocycles. The van der Waals surface area contributed by atoms with Crippen LogP contribution in [0.5, 0.6) is 5.75 Å². The molecule has 1 amide bonds. The minimum Gasteiger partial charge on any atom is -0.492 e. The quantitative estimate of drug-likeness (QED) is 0.720. The van der Waals surface area contributed by atoms with Crippen molar-refractivity contribution < 1.29 is 19.0 Å². The number of nitrogens with zero attached hydrogens (tertiary/aromatic N) is 3. The van der Waals surface area contributed by atoms with Crippen LogP contribution in [0.25, 0.3) is 11.3 Å². The first-order chi connectivity index (χ1) is 13.6. The molecule has 9 heteroatoms. The Labute approximate surface area is 169 Å². The first kappa shape index (κ1) is 20.6. The van der Waals surface area contributed by atoms with Crippen molar-refractivity contribution in [1.29, 1.82) is 0 Å². The number of carbonyl (C=O) groups excluding carboxylic acids is 1. The third-order valence-electron chi connectivity index (χ3n) is 4.46. The molecular weight excluding hydrogens is 384 g/mol. The van der Waals surface area contributed by atoms with E-state index < -0.39 is 0 Å². The second-order valence-electron chi connectivity index (χ2n) is 6.46. The zero-order chi connectivity index (χ0) is 19.9. The summed E-state index contributed by atoms with van der Waals surface area (Å²) in [5.41, 5.74) is 2.13. The zero-order valence-corrected chi connectivity index (χ0v) is 16.9. The average Bonchev–Trinajstić information content (AvgIpc) is 3.02. The van der Waals surface area contributed by atoms with Gasteiger partial charge in [0, 0.05) is 45.0 Å². The fourth-order valence-corrected chi connectivity index (χ4v) is 3.34. The van der Waals surface area contributed by atoms with E-state index in [4.69, 9.17) is 25.8 Å². The third-order valence-corrected chi connectivity index (χ3v) is 4.73. The van der Waals surface area contributed by atoms with Crippen molar-refractivity contribution >= 4 is 23.2 Å². The molecule has 152 valence electrons. The van der Waals surface area contributed by atoms with Crippen molar-refractivity contribution in [3.8, 4) is 17.0 Å². The third kappa shape index (κ3) is 5.23. The van der Waals surface area contributed by atoms with E-state index >= 15 is 0 Å². The van der Waals surface area contributed by atoms with E-state index in [9.17, 15) is 4.79 Å². The molecular formula is C19H25ClN4O4. The van der Waals surface area contributed by atoms with Crippen LogP contribution in [-0.4, -0.2) is 73.8 Å². The molecule has 1 aliphatic rings. The Morgan fingerprint density at radius 2 is 2.14 bits per heavy atom. The molecule has 0 aliphatic carbocycles. The zero-order valence-electron chi connectivity index (χ0n) is 16.1. The van der Waals surface area contributed by atoms with Gasteiger partial charge in [0.2, 0.25) is 5.91 Å². The molecule has 1 N–H and O–H groups in total. The Morgan fingerprint density at radius 3 is 2.82 bits per heavy atom. The largest absolute Gasteiger partial charge is 0.492 e. The lowest BCUT2D eigenvalue weighted by atomic mass is 10.1. The summed E-state index contributed by atoms with van der Waals surface area (Å²) in [7, 11) is 3.29. The second-order valence-corrected chi connectivity index (χ2v) is 6.87. The van der Waals surface area contributed by atoms with Crippen LogP contribution in [0.15, 0.2) is 24.4 Å². The Bertz CT molecular complexity index is 786. The predicted octanol–water partition coefficient (Wildman–Crippen LogP) is 2.04. The van der Waals surface area contributed by atoms with Crippen molar-refractivity contribution in [2.45, 2.75) is 0 Å². The molecule has 1 saturated heterocycles. The SMILES string of the molecule is COCC(=O)Nc1ccc(OCCN2CCOCC2)c(-c2c(Cl)cnn2C)c1. The Morgan fingerprint density at radius 1 is 1.36 bits per heavy atom. The smallest absolute Gasteiger partial charge is 0.250 e. The number of carbonyl (C=O) groups is 1. The lowest BCUT2D eigenvalue weighted by molar-refractivity contribution is -0.119. The van der Waals surface area contributed by atoms with Gasteiger partial charge in [-0.15, -0.1) is 0 Å². The van der Waals surface area contributed by atoms with Gasteiger partial charge in [0.1, 0.15) is 19.0 Å². The number of amides is 1. The summed E-state index contributed by atoms with van der Waals surface area (Å²) in [6.07, 6.45) is 1.59. The summed E-state index contributed by atoms with van der Waals surface area (Å²) in [6.45, 7) is 4.67. The fraction of sp³-hybridized carbons (Fsp3) is 0.474. The van der Waals surface area contributed by atoms with E-state index in [1.807, 2.05) is 19.2 Å². The lowest BCUT2D eigenvalue weighted by Crippen LogP contribution is -2.38. The number of anilines is 1. The van der Waals surface area contributed by atoms with Gasteiger partial charge >= 0.3 is 0 Å². The van der Waals surface area contributed by atoms with Crippen molar-refractivity contribution in [1.82, 2.24) is 14.7 Å². The van der Waals surface area contributed by atoms with Crippen LogP contribution in [-0.2, 0) is 21.3 Å². The van der Waals surface area contributed by atoms with Gasteiger partial charge in [-0.3, -0.25) is 14.4 Å². The highest BCUT2D eigenvalue weighted by Crippen LogP contribution is 2.36. The standard InChI is InChI=1S/C19H25ClN4O4/c1-23-19(16(20)12-21-23)15-11-14(22-18(25)13-26-2)3-4-17(15)28-10-7-24-5-8-27-9-6-24/h3-4,11-12H,5-10,13H2,1-2H3,(H,22,25). The normalized spacial score (nSPS) is 14.8. The number of benzene rings is 1. The highest BCUT2D eigenvalue weighted by Gasteiger charge is 2.17. The highest BCUT2D eigenvalue weighted by molar-refractivity contribution is 6.33. The van der Waals surface area contributed by atoms with E-state index in [1.165, 1.54) is 7.11 Å². The first-order valence-electron chi connectivity index (χ1n) is 9.12. The van der Waals surface area contributed by atoms with Gasteiger partial charge < -0.3 is 19.5 Å². The van der Waals surface area contributed by atoms with Crippen molar-refractivity contribution in [3.63, 3.8) is 0 Å². The molecule has 0 atom stereocenters. The molecule has 0 radical (unpaired) electrons. The maximum Gasteiger partial charge on any atom is 0.250 e. The van der Waals surface area contributed by atoms with E-state index in [0.29, 0.717) is 23.1 Å². The van der Waals surface area contributed by atoms with Crippen LogP contribution in [0.3, 0.4) is 0 Å². The number of methoxy groups -OCH3 is 1. The maximum absolute atomic E-state index is 11.8. The van der Waals surface area contributed by atoms with Crippen LogP contribution >= 0.6 is 11.6 Å². The number of morpholine rings is 1. The lowest BCUT2D eigenvalue weighted by Gasteiger charge is -2.26. The summed E-state index contributed by atoms with van der Waals surface area (Å²) >= 11 is 6.35. The molecule has 2 aromatic rings. The minimum absolute atomic E-state index is 0.0143. The topological polar surface area (TPSA) is 77.8 Å². The van der Waals surface area contributed by atoms with Gasteiger partial charge in [-0.2, -0.15) is 5.10 Å². The number of nitrogens with one attached hydrogen (secondary N) is 1. The summed E-state index contributed by atoms with van der Waals surface area (Å²) in [5, 5.41) is 7.53. The van der Waals surface area contributed by atoms with Crippen LogP contribution < -0.4 is 10.1 Å². The van der Waals surface area contributed by atoms with Crippen LogP contribution in [0, 0.1) is 0 Å². The number of hydrogen-bond acceptors (Lipinski definition) is 6. The van der Waals surface area contributed by atoms with E-state index in [0.717, 1.165) is 44.1 Å². The number of aryl methyl sites for hydroxylation is 1. The van der Waals surface area contributed by atoms with Gasteiger partial charge in [0.15, 0.2) is 0 Å². The van der Waals surface area contributed by atoms with Gasteiger partial charge in [-0.1, -0.05) is 11.6 Å². The molecule has 3 rings (SSSR count). The Balaban J connectivity index is 1.78. The first-order valence-corrected chi connectivity index (χ1v) is 9.50. The van der Waals surface area contributed by atoms with E-state index in [1.54, 1.807) is 16.9 Å². The monoisotopic (exact) mass is 408 g/mol. The average molecular weight is 409 g/mol. The summed E-state index contributed by atoms with van der Waals surface area (Å²) in [5.74, 6) is 0.453. The molecule has 1 aromatic heterocycles. The van der Waals surface area contributed by atoms with Gasteiger partial charge in [0.25, 0.3) is 0 Å². The number of halogens is 1. The molecule has 0 spiro atoms. The van der Waals surface area contributed by atoms with E-state index in [-0.39, 0.29) is 12.5 Å². The van der Waals surface area contributed by atoms with Crippen LogP contribution in [0.1, 0.15) is 0 Å². The summed E-state index contributed by atoms with van der Waals surface area (Å²) < 4.78 is 18.0. The summed E-state index contributed by atoms with van der Waals surface area (Å²) in [4.78, 5) is 14.2. The summed E-state index contributed by atoms with van der Waals surface area (Å²) in [6, 6.07) is 5.46. The number of rotatable bonds is 8. The predicted molar refractivity (Wildman–Crippen MR) is 107 cm³/mol. The molecule has 8 nitrogen and oxygen atoms in total. The van der Waals surface area contributed by atoms with E-state index in [2.05, 4.69) is 15.3 Å². The molecule has 0 saturated carbocycles. The van der Waals surface area contributed by atoms with Crippen LogP contribution in [0.2, 0.25) is 5.02 Å². The fourth-order valence-electron chi connectivity index (χ4n) is 3.07. The number of hydrogen-bond donors (Lipinski definition) is 1.